The number of hydrogen-bond acceptors (Lipinski definition) is 8. The molecule has 0 saturated carbocycles. The second-order valence-electron chi connectivity index (χ2n) is 10.4. The monoisotopic (exact) mass is 594 g/mol. The lowest BCUT2D eigenvalue weighted by Crippen LogP contribution is -2.42. The molecule has 4 rings (SSSR count). The standard InChI is InChI=1S/C31H38N6O4.ClH/c1-36-30(39)28(23-12-14-26(15-13-23)41-20-6-4-2-3-5-7-27(38)35-40)29(24-10-8-22(21-32)9-11-24)34-31(36)37-18-16-25(33)17-19-37;/h8-15,25,40H,2-7,16-20,33H2,1H3,(H,35,38);1H. The van der Waals surface area contributed by atoms with E-state index in [1.54, 1.807) is 29.2 Å². The molecule has 1 aliphatic rings. The number of nitrogens with one attached hydrogen (secondary N) is 1. The van der Waals surface area contributed by atoms with Crippen LogP contribution in [0.25, 0.3) is 22.4 Å². The Labute approximate surface area is 252 Å². The molecule has 1 aromatic heterocycles. The Balaban J connectivity index is 0.00000484. The second-order valence-corrected chi connectivity index (χ2v) is 10.4. The summed E-state index contributed by atoms with van der Waals surface area (Å²) < 4.78 is 7.53. The first-order chi connectivity index (χ1) is 19.9. The quantitative estimate of drug-likeness (QED) is 0.157. The van der Waals surface area contributed by atoms with Gasteiger partial charge in [0.2, 0.25) is 11.9 Å². The third kappa shape index (κ3) is 8.32. The minimum Gasteiger partial charge on any atom is -0.494 e. The molecular formula is C31H39ClN6O4. The molecule has 11 heteroatoms. The van der Waals surface area contributed by atoms with Crippen LogP contribution in [-0.4, -0.2) is 46.4 Å². The number of halogens is 1. The van der Waals surface area contributed by atoms with Crippen molar-refractivity contribution >= 4 is 24.3 Å². The van der Waals surface area contributed by atoms with Crippen molar-refractivity contribution in [2.24, 2.45) is 12.8 Å². The summed E-state index contributed by atoms with van der Waals surface area (Å²) in [5.41, 5.74) is 10.7. The van der Waals surface area contributed by atoms with Crippen molar-refractivity contribution in [3.8, 4) is 34.2 Å². The van der Waals surface area contributed by atoms with Crippen molar-refractivity contribution in [1.29, 1.82) is 5.26 Å². The van der Waals surface area contributed by atoms with E-state index in [1.165, 1.54) is 0 Å². The van der Waals surface area contributed by atoms with E-state index in [2.05, 4.69) is 11.0 Å². The highest BCUT2D eigenvalue weighted by atomic mass is 35.5. The van der Waals surface area contributed by atoms with Gasteiger partial charge in [-0.05, 0) is 55.5 Å². The number of anilines is 1. The first-order valence-corrected chi connectivity index (χ1v) is 14.2. The lowest BCUT2D eigenvalue weighted by Gasteiger charge is -2.32. The van der Waals surface area contributed by atoms with Crippen molar-refractivity contribution in [1.82, 2.24) is 15.0 Å². The summed E-state index contributed by atoms with van der Waals surface area (Å²) in [7, 11) is 1.75. The Hall–Kier alpha value is -3.91. The number of benzene rings is 2. The minimum atomic E-state index is -0.349. The molecule has 2 aromatic carbocycles. The number of hydrogen-bond donors (Lipinski definition) is 3. The number of unbranched alkanes of at least 4 members (excludes halogenated alkanes) is 4. The number of carbonyl (C=O) groups is 1. The number of aromatic nitrogens is 2. The zero-order valence-corrected chi connectivity index (χ0v) is 24.7. The van der Waals surface area contributed by atoms with Crippen LogP contribution in [0.1, 0.15) is 56.9 Å². The zero-order chi connectivity index (χ0) is 29.2. The van der Waals surface area contributed by atoms with Gasteiger partial charge in [0.05, 0.1) is 29.5 Å². The number of carbonyl (C=O) groups excluding carboxylic acids is 1. The first-order valence-electron chi connectivity index (χ1n) is 14.2. The molecule has 1 fully saturated rings. The Morgan fingerprint density at radius 1 is 1.05 bits per heavy atom. The molecule has 10 nitrogen and oxygen atoms in total. The van der Waals surface area contributed by atoms with Crippen molar-refractivity contribution in [2.75, 3.05) is 24.6 Å². The van der Waals surface area contributed by atoms with Gasteiger partial charge in [-0.3, -0.25) is 19.4 Å². The molecule has 1 amide bonds. The SMILES string of the molecule is Cl.Cn1c(N2CCC(N)CC2)nc(-c2ccc(C#N)cc2)c(-c2ccc(OCCCCCCCC(=O)NO)cc2)c1=O. The van der Waals surface area contributed by atoms with E-state index < -0.39 is 0 Å². The number of nitriles is 1. The average Bonchev–Trinajstić information content (AvgIpc) is 3.00. The maximum Gasteiger partial charge on any atom is 0.263 e. The maximum absolute atomic E-state index is 13.8. The first kappa shape index (κ1) is 32.6. The summed E-state index contributed by atoms with van der Waals surface area (Å²) in [6.07, 6.45) is 6.57. The van der Waals surface area contributed by atoms with Crippen LogP contribution < -0.4 is 26.4 Å². The van der Waals surface area contributed by atoms with Gasteiger partial charge in [0.1, 0.15) is 5.75 Å². The topological polar surface area (TPSA) is 146 Å². The summed E-state index contributed by atoms with van der Waals surface area (Å²) in [6.45, 7) is 2.05. The Morgan fingerprint density at radius 3 is 2.31 bits per heavy atom. The van der Waals surface area contributed by atoms with Crippen LogP contribution in [-0.2, 0) is 11.8 Å². The van der Waals surface area contributed by atoms with Gasteiger partial charge in [-0.15, -0.1) is 12.4 Å². The molecule has 224 valence electrons. The van der Waals surface area contributed by atoms with Crippen LogP contribution in [0.2, 0.25) is 0 Å². The molecule has 0 bridgehead atoms. The second kappa shape index (κ2) is 15.9. The largest absolute Gasteiger partial charge is 0.494 e. The van der Waals surface area contributed by atoms with Crippen LogP contribution >= 0.6 is 12.4 Å². The number of piperidine rings is 1. The number of nitrogens with two attached hydrogens (primary N) is 1. The van der Waals surface area contributed by atoms with Crippen LogP contribution in [0.5, 0.6) is 5.75 Å². The molecule has 0 unspecified atom stereocenters. The van der Waals surface area contributed by atoms with Crippen molar-refractivity contribution in [3.63, 3.8) is 0 Å². The fourth-order valence-corrected chi connectivity index (χ4v) is 5.03. The van der Waals surface area contributed by atoms with Crippen molar-refractivity contribution in [2.45, 2.75) is 57.4 Å². The van der Waals surface area contributed by atoms with E-state index in [0.717, 1.165) is 74.9 Å². The van der Waals surface area contributed by atoms with Crippen LogP contribution in [0.3, 0.4) is 0 Å². The van der Waals surface area contributed by atoms with Gasteiger partial charge in [0.25, 0.3) is 5.56 Å². The molecule has 2 heterocycles. The van der Waals surface area contributed by atoms with E-state index in [-0.39, 0.29) is 29.9 Å². The van der Waals surface area contributed by atoms with Gasteiger partial charge in [0.15, 0.2) is 0 Å². The highest BCUT2D eigenvalue weighted by Gasteiger charge is 2.24. The number of amides is 1. The summed E-state index contributed by atoms with van der Waals surface area (Å²) >= 11 is 0. The molecule has 0 aliphatic carbocycles. The number of rotatable bonds is 12. The van der Waals surface area contributed by atoms with Gasteiger partial charge in [-0.2, -0.15) is 5.26 Å². The normalized spacial score (nSPS) is 13.2. The molecule has 42 heavy (non-hydrogen) atoms. The molecule has 3 aromatic rings. The predicted molar refractivity (Wildman–Crippen MR) is 165 cm³/mol. The number of ether oxygens (including phenoxy) is 1. The molecule has 1 aliphatic heterocycles. The summed E-state index contributed by atoms with van der Waals surface area (Å²) in [4.78, 5) is 32.0. The van der Waals surface area contributed by atoms with Crippen molar-refractivity contribution < 1.29 is 14.7 Å². The molecule has 0 atom stereocenters. The molecule has 0 spiro atoms. The zero-order valence-electron chi connectivity index (χ0n) is 23.9. The highest BCUT2D eigenvalue weighted by molar-refractivity contribution is 5.85. The summed E-state index contributed by atoms with van der Waals surface area (Å²) in [6, 6.07) is 16.9. The smallest absolute Gasteiger partial charge is 0.263 e. The molecule has 4 N–H and O–H groups in total. The van der Waals surface area contributed by atoms with E-state index in [0.29, 0.717) is 35.8 Å². The van der Waals surface area contributed by atoms with Crippen LogP contribution in [0, 0.1) is 11.3 Å². The third-order valence-corrected chi connectivity index (χ3v) is 7.46. The van der Waals surface area contributed by atoms with Gasteiger partial charge in [-0.25, -0.2) is 10.5 Å². The number of hydroxylamine groups is 1. The van der Waals surface area contributed by atoms with E-state index in [9.17, 15) is 14.9 Å². The molecular weight excluding hydrogens is 556 g/mol. The fraction of sp³-hybridized carbons (Fsp3) is 0.419. The highest BCUT2D eigenvalue weighted by Crippen LogP contribution is 2.31. The van der Waals surface area contributed by atoms with Gasteiger partial charge in [0, 0.05) is 38.2 Å². The summed E-state index contributed by atoms with van der Waals surface area (Å²) in [5, 5.41) is 17.8. The van der Waals surface area contributed by atoms with Crippen LogP contribution in [0.4, 0.5) is 5.95 Å². The molecule has 0 radical (unpaired) electrons. The van der Waals surface area contributed by atoms with E-state index in [4.69, 9.17) is 20.7 Å². The lowest BCUT2D eigenvalue weighted by molar-refractivity contribution is -0.129. The Bertz CT molecular complexity index is 1410. The predicted octanol–water partition coefficient (Wildman–Crippen LogP) is 4.56. The average molecular weight is 595 g/mol. The Morgan fingerprint density at radius 2 is 1.67 bits per heavy atom. The van der Waals surface area contributed by atoms with E-state index in [1.807, 2.05) is 36.4 Å². The van der Waals surface area contributed by atoms with Gasteiger partial charge in [-0.1, -0.05) is 43.5 Å². The lowest BCUT2D eigenvalue weighted by atomic mass is 9.99. The van der Waals surface area contributed by atoms with Gasteiger partial charge < -0.3 is 15.4 Å². The van der Waals surface area contributed by atoms with Crippen molar-refractivity contribution in [3.05, 3.63) is 64.4 Å². The fourth-order valence-electron chi connectivity index (χ4n) is 5.03. The molecule has 1 saturated heterocycles. The van der Waals surface area contributed by atoms with E-state index >= 15 is 0 Å². The third-order valence-electron chi connectivity index (χ3n) is 7.46. The summed E-state index contributed by atoms with van der Waals surface area (Å²) in [5.74, 6) is 0.985. The maximum atomic E-state index is 13.8. The Kier molecular flexibility index (Phi) is 12.4. The number of nitrogens with zero attached hydrogens (tertiary/aromatic N) is 4. The minimum absolute atomic E-state index is 0. The van der Waals surface area contributed by atoms with Crippen LogP contribution in [0.15, 0.2) is 53.3 Å². The van der Waals surface area contributed by atoms with Gasteiger partial charge >= 0.3 is 0 Å².